The van der Waals surface area contributed by atoms with Gasteiger partial charge in [0.05, 0.1) is 11.4 Å². The molecule has 6 nitrogen and oxygen atoms in total. The molecule has 0 saturated carbocycles. The number of nitrogens with zero attached hydrogens (tertiary/aromatic N) is 1. The van der Waals surface area contributed by atoms with Crippen LogP contribution in [0.3, 0.4) is 0 Å². The maximum Gasteiger partial charge on any atom is 0.262 e. The minimum absolute atomic E-state index is 0.0486. The Kier molecular flexibility index (Phi) is 5.15. The van der Waals surface area contributed by atoms with Crippen LogP contribution in [0.4, 0.5) is 8.78 Å². The largest absolute Gasteiger partial charge is 0.505 e. The predicted octanol–water partition coefficient (Wildman–Crippen LogP) is 2.79. The molecule has 1 atom stereocenters. The first-order valence-corrected chi connectivity index (χ1v) is 8.49. The quantitative estimate of drug-likeness (QED) is 0.600. The second-order valence-corrected chi connectivity index (χ2v) is 6.36. The Labute approximate surface area is 159 Å². The molecular formula is C20H18F2N2O4. The normalized spacial score (nSPS) is 12.2. The fraction of sp³-hybridized carbons (Fsp3) is 0.200. The van der Waals surface area contributed by atoms with E-state index in [0.717, 1.165) is 12.1 Å². The van der Waals surface area contributed by atoms with E-state index < -0.39 is 41.8 Å². The Hall–Kier alpha value is -3.26. The molecule has 3 rings (SSSR count). The van der Waals surface area contributed by atoms with Crippen LogP contribution in [-0.4, -0.2) is 33.3 Å². The second kappa shape index (κ2) is 7.40. The van der Waals surface area contributed by atoms with Crippen LogP contribution in [0.25, 0.3) is 10.9 Å². The third-order valence-corrected chi connectivity index (χ3v) is 4.69. The number of fused-ring (bicyclic) bond motifs is 1. The lowest BCUT2D eigenvalue weighted by Crippen LogP contribution is -2.29. The van der Waals surface area contributed by atoms with Gasteiger partial charge in [0.15, 0.2) is 11.6 Å². The van der Waals surface area contributed by atoms with Gasteiger partial charge in [0.25, 0.3) is 5.91 Å². The van der Waals surface area contributed by atoms with E-state index in [4.69, 9.17) is 5.11 Å². The number of aliphatic hydroxyl groups excluding tert-OH is 1. The molecule has 0 bridgehead atoms. The SMILES string of the molecule is Cc1c(C(C)C(=O)NCO)c2c(F)c(O)ccc2n1C(=O)c1cccc(F)c1. The lowest BCUT2D eigenvalue weighted by Gasteiger charge is -2.13. The van der Waals surface area contributed by atoms with Crippen molar-refractivity contribution in [1.82, 2.24) is 9.88 Å². The van der Waals surface area contributed by atoms with Gasteiger partial charge in [0, 0.05) is 16.6 Å². The molecule has 28 heavy (non-hydrogen) atoms. The van der Waals surface area contributed by atoms with Gasteiger partial charge in [-0.2, -0.15) is 0 Å². The van der Waals surface area contributed by atoms with Crippen LogP contribution >= 0.6 is 0 Å². The summed E-state index contributed by atoms with van der Waals surface area (Å²) in [5.41, 5.74) is 0.654. The van der Waals surface area contributed by atoms with E-state index in [-0.39, 0.29) is 27.7 Å². The van der Waals surface area contributed by atoms with E-state index in [1.807, 2.05) is 0 Å². The molecule has 3 N–H and O–H groups in total. The van der Waals surface area contributed by atoms with E-state index in [2.05, 4.69) is 5.32 Å². The lowest BCUT2D eigenvalue weighted by atomic mass is 9.96. The minimum Gasteiger partial charge on any atom is -0.505 e. The average molecular weight is 388 g/mol. The molecule has 0 fully saturated rings. The molecule has 1 aromatic heterocycles. The number of carbonyl (C=O) groups excluding carboxylic acids is 2. The van der Waals surface area contributed by atoms with Crippen LogP contribution < -0.4 is 5.32 Å². The lowest BCUT2D eigenvalue weighted by molar-refractivity contribution is -0.123. The van der Waals surface area contributed by atoms with E-state index in [9.17, 15) is 23.5 Å². The Morgan fingerprint density at radius 1 is 1.21 bits per heavy atom. The van der Waals surface area contributed by atoms with Crippen molar-refractivity contribution in [2.75, 3.05) is 6.73 Å². The highest BCUT2D eigenvalue weighted by Gasteiger charge is 2.29. The van der Waals surface area contributed by atoms with E-state index in [1.165, 1.54) is 42.7 Å². The molecule has 0 aliphatic rings. The summed E-state index contributed by atoms with van der Waals surface area (Å²) in [7, 11) is 0. The van der Waals surface area contributed by atoms with Gasteiger partial charge in [-0.3, -0.25) is 14.2 Å². The zero-order chi connectivity index (χ0) is 20.6. The Morgan fingerprint density at radius 3 is 2.57 bits per heavy atom. The Balaban J connectivity index is 2.30. The first-order valence-electron chi connectivity index (χ1n) is 8.49. The number of phenols is 1. The topological polar surface area (TPSA) is 91.6 Å². The van der Waals surface area contributed by atoms with Gasteiger partial charge in [-0.05, 0) is 49.7 Å². The Bertz CT molecular complexity index is 1090. The maximum atomic E-state index is 14.8. The molecular weight excluding hydrogens is 370 g/mol. The van der Waals surface area contributed by atoms with Gasteiger partial charge in [-0.25, -0.2) is 8.78 Å². The number of carbonyl (C=O) groups is 2. The number of phenolic OH excluding ortho intramolecular Hbond substituents is 1. The molecule has 0 saturated heterocycles. The van der Waals surface area contributed by atoms with Crippen LogP contribution in [0.5, 0.6) is 5.75 Å². The molecule has 146 valence electrons. The van der Waals surface area contributed by atoms with Crippen LogP contribution in [0.2, 0.25) is 0 Å². The highest BCUT2D eigenvalue weighted by atomic mass is 19.1. The molecule has 2 aromatic carbocycles. The van der Waals surface area contributed by atoms with Crippen LogP contribution in [-0.2, 0) is 4.79 Å². The third kappa shape index (κ3) is 3.11. The van der Waals surface area contributed by atoms with Gasteiger partial charge in [0.2, 0.25) is 5.91 Å². The smallest absolute Gasteiger partial charge is 0.262 e. The zero-order valence-electron chi connectivity index (χ0n) is 15.2. The number of amides is 1. The molecule has 0 aliphatic carbocycles. The maximum absolute atomic E-state index is 14.8. The molecule has 1 unspecified atom stereocenters. The number of benzene rings is 2. The molecule has 0 spiro atoms. The number of nitrogens with one attached hydrogen (secondary N) is 1. The molecule has 1 heterocycles. The number of halogens is 2. The summed E-state index contributed by atoms with van der Waals surface area (Å²) in [6.07, 6.45) is 0. The summed E-state index contributed by atoms with van der Waals surface area (Å²) >= 11 is 0. The predicted molar refractivity (Wildman–Crippen MR) is 98.1 cm³/mol. The van der Waals surface area contributed by atoms with Crippen molar-refractivity contribution < 1.29 is 28.6 Å². The fourth-order valence-corrected chi connectivity index (χ4v) is 3.38. The second-order valence-electron chi connectivity index (χ2n) is 6.36. The highest BCUT2D eigenvalue weighted by Crippen LogP contribution is 2.37. The number of aliphatic hydroxyl groups is 1. The fourth-order valence-electron chi connectivity index (χ4n) is 3.38. The van der Waals surface area contributed by atoms with Crippen molar-refractivity contribution in [2.24, 2.45) is 0 Å². The molecule has 0 radical (unpaired) electrons. The van der Waals surface area contributed by atoms with Gasteiger partial charge in [-0.1, -0.05) is 6.07 Å². The first kappa shape index (κ1) is 19.5. The molecule has 3 aromatic rings. The van der Waals surface area contributed by atoms with Crippen LogP contribution in [0.1, 0.15) is 34.5 Å². The summed E-state index contributed by atoms with van der Waals surface area (Å²) in [6, 6.07) is 7.53. The van der Waals surface area contributed by atoms with Gasteiger partial charge in [-0.15, -0.1) is 0 Å². The monoisotopic (exact) mass is 388 g/mol. The summed E-state index contributed by atoms with van der Waals surface area (Å²) in [6.45, 7) is 2.43. The van der Waals surface area contributed by atoms with Gasteiger partial charge < -0.3 is 15.5 Å². The first-order chi connectivity index (χ1) is 13.3. The number of rotatable bonds is 4. The van der Waals surface area contributed by atoms with E-state index >= 15 is 0 Å². The summed E-state index contributed by atoms with van der Waals surface area (Å²) < 4.78 is 29.5. The van der Waals surface area contributed by atoms with Crippen molar-refractivity contribution in [3.63, 3.8) is 0 Å². The molecule has 1 amide bonds. The molecule has 8 heteroatoms. The zero-order valence-corrected chi connectivity index (χ0v) is 15.2. The standard InChI is InChI=1S/C20H18F2N2O4/c1-10(19(27)23-9-25)16-11(2)24(14-6-7-15(26)18(22)17(14)16)20(28)12-4-3-5-13(21)8-12/h3-8,10,25-26H,9H2,1-2H3,(H,23,27). The number of aromatic hydroxyl groups is 1. The van der Waals surface area contributed by atoms with Crippen molar-refractivity contribution in [3.05, 3.63) is 64.9 Å². The van der Waals surface area contributed by atoms with Crippen molar-refractivity contribution in [2.45, 2.75) is 19.8 Å². The number of hydrogen-bond acceptors (Lipinski definition) is 4. The summed E-state index contributed by atoms with van der Waals surface area (Å²) in [5.74, 6) is -4.30. The molecule has 0 aliphatic heterocycles. The van der Waals surface area contributed by atoms with Crippen molar-refractivity contribution in [1.29, 1.82) is 0 Å². The van der Waals surface area contributed by atoms with Gasteiger partial charge >= 0.3 is 0 Å². The van der Waals surface area contributed by atoms with Crippen LogP contribution in [0, 0.1) is 18.6 Å². The number of aromatic nitrogens is 1. The summed E-state index contributed by atoms with van der Waals surface area (Å²) in [4.78, 5) is 25.3. The number of hydrogen-bond donors (Lipinski definition) is 3. The van der Waals surface area contributed by atoms with Gasteiger partial charge in [0.1, 0.15) is 12.5 Å². The summed E-state index contributed by atoms with van der Waals surface area (Å²) in [5, 5.41) is 20.9. The van der Waals surface area contributed by atoms with E-state index in [1.54, 1.807) is 0 Å². The highest BCUT2D eigenvalue weighted by molar-refractivity contribution is 6.05. The third-order valence-electron chi connectivity index (χ3n) is 4.69. The van der Waals surface area contributed by atoms with Crippen molar-refractivity contribution in [3.8, 4) is 5.75 Å². The van der Waals surface area contributed by atoms with E-state index in [0.29, 0.717) is 0 Å². The Morgan fingerprint density at radius 2 is 1.93 bits per heavy atom. The van der Waals surface area contributed by atoms with Crippen molar-refractivity contribution >= 4 is 22.7 Å². The van der Waals surface area contributed by atoms with Crippen LogP contribution in [0.15, 0.2) is 36.4 Å². The average Bonchev–Trinajstić information content (AvgIpc) is 2.96. The minimum atomic E-state index is -0.968.